The summed E-state index contributed by atoms with van der Waals surface area (Å²) in [4.78, 5) is 27.4. The number of para-hydroxylation sites is 1. The van der Waals surface area contributed by atoms with Crippen molar-refractivity contribution in [1.29, 1.82) is 0 Å². The number of hydrogen-bond acceptors (Lipinski definition) is 4. The van der Waals surface area contributed by atoms with E-state index in [1.54, 1.807) is 30.3 Å². The molecule has 0 bridgehead atoms. The van der Waals surface area contributed by atoms with E-state index in [9.17, 15) is 9.59 Å². The minimum atomic E-state index is -0.532. The van der Waals surface area contributed by atoms with Crippen LogP contribution < -0.4 is 15.0 Å². The molecule has 0 unspecified atom stereocenters. The first-order valence-electron chi connectivity index (χ1n) is 10.7. The largest absolute Gasteiger partial charge is 0.457 e. The lowest BCUT2D eigenvalue weighted by Crippen LogP contribution is -2.54. The first-order valence-corrected chi connectivity index (χ1v) is 12.2. The van der Waals surface area contributed by atoms with Crippen LogP contribution >= 0.6 is 34.8 Å². The minimum Gasteiger partial charge on any atom is -0.457 e. The summed E-state index contributed by atoms with van der Waals surface area (Å²) < 4.78 is 8.85. The van der Waals surface area contributed by atoms with E-state index in [0.717, 1.165) is 9.26 Å². The molecule has 6 nitrogen and oxygen atoms in total. The van der Waals surface area contributed by atoms with Crippen molar-refractivity contribution in [2.45, 2.75) is 0 Å². The first kappa shape index (κ1) is 23.0. The van der Waals surface area contributed by atoms with E-state index < -0.39 is 11.8 Å². The Morgan fingerprint density at radius 1 is 0.800 bits per heavy atom. The lowest BCUT2D eigenvalue weighted by molar-refractivity contribution is -0.122. The van der Waals surface area contributed by atoms with Gasteiger partial charge >= 0.3 is 0 Å². The van der Waals surface area contributed by atoms with Gasteiger partial charge < -0.3 is 9.30 Å². The topological polar surface area (TPSA) is 63.6 Å². The van der Waals surface area contributed by atoms with Gasteiger partial charge in [0.05, 0.1) is 5.69 Å². The highest BCUT2D eigenvalue weighted by Gasteiger charge is 2.34. The second-order valence-corrected chi connectivity index (χ2v) is 9.28. The van der Waals surface area contributed by atoms with Gasteiger partial charge in [0.1, 0.15) is 17.1 Å². The summed E-state index contributed by atoms with van der Waals surface area (Å²) in [5.74, 6) is 0.297. The Labute approximate surface area is 221 Å². The average molecular weight is 591 g/mol. The highest BCUT2D eigenvalue weighted by Crippen LogP contribution is 2.27. The molecule has 1 saturated heterocycles. The van der Waals surface area contributed by atoms with Crippen molar-refractivity contribution in [3.8, 4) is 17.2 Å². The van der Waals surface area contributed by atoms with Crippen molar-refractivity contribution in [3.63, 3.8) is 0 Å². The summed E-state index contributed by atoms with van der Waals surface area (Å²) in [6.45, 7) is 0. The summed E-state index contributed by atoms with van der Waals surface area (Å²) in [5, 5.41) is 2.66. The fourth-order valence-corrected chi connectivity index (χ4v) is 4.32. The molecule has 3 aromatic carbocycles. The van der Waals surface area contributed by atoms with E-state index >= 15 is 0 Å². The van der Waals surface area contributed by atoms with Gasteiger partial charge in [0.2, 0.25) is 0 Å². The van der Waals surface area contributed by atoms with Crippen LogP contribution in [0, 0.1) is 3.57 Å². The summed E-state index contributed by atoms with van der Waals surface area (Å²) in [5.41, 5.74) is 2.14. The molecule has 0 aliphatic carbocycles. The van der Waals surface area contributed by atoms with Gasteiger partial charge in [-0.15, -0.1) is 0 Å². The quantitative estimate of drug-likeness (QED) is 0.140. The van der Waals surface area contributed by atoms with Crippen LogP contribution in [-0.2, 0) is 9.59 Å². The Kier molecular flexibility index (Phi) is 6.47. The van der Waals surface area contributed by atoms with Gasteiger partial charge in [-0.25, -0.2) is 0 Å². The van der Waals surface area contributed by atoms with Crippen LogP contribution in [0.1, 0.15) is 5.69 Å². The number of anilines is 1. The average Bonchev–Trinajstić information content (AvgIpc) is 3.32. The number of hydrogen-bond donors (Lipinski definition) is 1. The first-order chi connectivity index (χ1) is 17.0. The fourth-order valence-electron chi connectivity index (χ4n) is 3.68. The molecule has 0 atom stereocenters. The molecule has 1 fully saturated rings. The maximum atomic E-state index is 13.4. The molecule has 1 aliphatic heterocycles. The summed E-state index contributed by atoms with van der Waals surface area (Å²) in [6.07, 6.45) is 3.46. The molecule has 1 aromatic heterocycles. The van der Waals surface area contributed by atoms with Gasteiger partial charge in [-0.3, -0.25) is 19.8 Å². The number of carbonyl (C=O) groups excluding carboxylic acids is 2. The minimum absolute atomic E-state index is 0.00586. The van der Waals surface area contributed by atoms with Gasteiger partial charge in [-0.2, -0.15) is 0 Å². The number of benzene rings is 3. The number of rotatable bonds is 5. The predicted octanol–water partition coefficient (Wildman–Crippen LogP) is 5.71. The molecule has 0 saturated carbocycles. The monoisotopic (exact) mass is 591 g/mol. The Morgan fingerprint density at radius 2 is 1.46 bits per heavy atom. The lowest BCUT2D eigenvalue weighted by atomic mass is 10.1. The van der Waals surface area contributed by atoms with Crippen LogP contribution in [0.4, 0.5) is 5.69 Å². The van der Waals surface area contributed by atoms with Gasteiger partial charge in [0.25, 0.3) is 11.8 Å². The second-order valence-electron chi connectivity index (χ2n) is 7.65. The number of ether oxygens (including phenoxy) is 1. The Balaban J connectivity index is 1.43. The number of nitrogens with one attached hydrogen (secondary N) is 1. The van der Waals surface area contributed by atoms with Gasteiger partial charge in [-0.1, -0.05) is 18.2 Å². The van der Waals surface area contributed by atoms with E-state index in [1.807, 2.05) is 77.5 Å². The molecule has 1 aliphatic rings. The molecule has 4 aromatic rings. The Morgan fingerprint density at radius 3 is 2.17 bits per heavy atom. The summed E-state index contributed by atoms with van der Waals surface area (Å²) in [7, 11) is 0. The van der Waals surface area contributed by atoms with E-state index in [-0.39, 0.29) is 10.7 Å². The van der Waals surface area contributed by atoms with Gasteiger partial charge in [0, 0.05) is 21.1 Å². The smallest absolute Gasteiger partial charge is 0.270 e. The highest BCUT2D eigenvalue weighted by atomic mass is 127. The molecule has 0 spiro atoms. The van der Waals surface area contributed by atoms with Crippen molar-refractivity contribution in [2.75, 3.05) is 4.90 Å². The molecule has 2 heterocycles. The molecule has 2 amide bonds. The molecule has 0 radical (unpaired) electrons. The third-order valence-corrected chi connectivity index (χ3v) is 6.36. The maximum Gasteiger partial charge on any atom is 0.270 e. The maximum absolute atomic E-state index is 13.4. The number of amides is 2. The third-order valence-electron chi connectivity index (χ3n) is 5.35. The number of aromatic nitrogens is 1. The summed E-state index contributed by atoms with van der Waals surface area (Å²) >= 11 is 7.57. The van der Waals surface area contributed by atoms with Crippen molar-refractivity contribution in [3.05, 3.63) is 112 Å². The zero-order valence-corrected chi connectivity index (χ0v) is 21.2. The van der Waals surface area contributed by atoms with Crippen molar-refractivity contribution < 1.29 is 14.3 Å². The highest BCUT2D eigenvalue weighted by molar-refractivity contribution is 14.1. The molecule has 5 rings (SSSR count). The molecule has 8 heteroatoms. The van der Waals surface area contributed by atoms with Crippen LogP contribution in [0.2, 0.25) is 0 Å². The van der Waals surface area contributed by atoms with Crippen LogP contribution in [0.3, 0.4) is 0 Å². The van der Waals surface area contributed by atoms with Gasteiger partial charge in [0.15, 0.2) is 5.11 Å². The van der Waals surface area contributed by atoms with Crippen molar-refractivity contribution in [1.82, 2.24) is 9.88 Å². The second kappa shape index (κ2) is 9.85. The van der Waals surface area contributed by atoms with Crippen molar-refractivity contribution >= 4 is 63.5 Å². The third kappa shape index (κ3) is 4.89. The molecular formula is C27H18IN3O3S. The van der Waals surface area contributed by atoms with E-state index in [0.29, 0.717) is 22.9 Å². The van der Waals surface area contributed by atoms with E-state index in [1.165, 1.54) is 4.90 Å². The van der Waals surface area contributed by atoms with Gasteiger partial charge in [-0.05, 0) is 114 Å². The summed E-state index contributed by atoms with van der Waals surface area (Å²) in [6, 6.07) is 28.0. The van der Waals surface area contributed by atoms with Crippen LogP contribution in [-0.4, -0.2) is 21.5 Å². The van der Waals surface area contributed by atoms with Crippen LogP contribution in [0.25, 0.3) is 11.8 Å². The standard InChI is InChI=1S/C27H18IN3O3S/c28-18-8-10-19(11-9-18)30-16-4-5-21(30)17-24-25(32)29-27(35)31(26(24)33)20-12-14-23(15-13-20)34-22-6-2-1-3-7-22/h1-17H,(H,29,32,35)/b24-17+. The van der Waals surface area contributed by atoms with Crippen LogP contribution in [0.15, 0.2) is 103 Å². The zero-order chi connectivity index (χ0) is 24.4. The number of nitrogens with zero attached hydrogens (tertiary/aromatic N) is 2. The molecule has 1 N–H and O–H groups in total. The van der Waals surface area contributed by atoms with Crippen LogP contribution in [0.5, 0.6) is 11.5 Å². The normalized spacial score (nSPS) is 14.8. The molecule has 35 heavy (non-hydrogen) atoms. The Bertz CT molecular complexity index is 1450. The Hall–Kier alpha value is -3.76. The lowest BCUT2D eigenvalue weighted by Gasteiger charge is -2.29. The predicted molar refractivity (Wildman–Crippen MR) is 148 cm³/mol. The molecular weight excluding hydrogens is 573 g/mol. The zero-order valence-electron chi connectivity index (χ0n) is 18.2. The van der Waals surface area contributed by atoms with Crippen molar-refractivity contribution in [2.24, 2.45) is 0 Å². The van der Waals surface area contributed by atoms with E-state index in [2.05, 4.69) is 27.9 Å². The number of halogens is 1. The fraction of sp³-hybridized carbons (Fsp3) is 0. The number of carbonyl (C=O) groups is 2. The SMILES string of the molecule is O=C1NC(=S)N(c2ccc(Oc3ccccc3)cc2)C(=O)/C1=C/c1cccn1-c1ccc(I)cc1. The number of thiocarbonyl (C=S) groups is 1. The molecule has 172 valence electrons. The van der Waals surface area contributed by atoms with E-state index in [4.69, 9.17) is 17.0 Å².